The number of anilines is 2. The van der Waals surface area contributed by atoms with Gasteiger partial charge in [0.2, 0.25) is 0 Å². The number of hydrogen-bond acceptors (Lipinski definition) is 4. The van der Waals surface area contributed by atoms with Gasteiger partial charge in [0.15, 0.2) is 0 Å². The van der Waals surface area contributed by atoms with Gasteiger partial charge in [-0.15, -0.1) is 0 Å². The molecule has 0 bridgehead atoms. The van der Waals surface area contributed by atoms with E-state index >= 15 is 0 Å². The standard InChI is InChI=1S/C15H12ClN3O2/c1-2-12-5-10(15(20)21)6-14(18-12)19-13-7-11(16)4-3-9(13)8-17/h3-7H,2H2,1H3,(H,18,19)(H,20,21). The number of aromatic carboxylic acids is 1. The van der Waals surface area contributed by atoms with Gasteiger partial charge < -0.3 is 10.4 Å². The van der Waals surface area contributed by atoms with Crippen LogP contribution in [0.3, 0.4) is 0 Å². The minimum atomic E-state index is -1.03. The Morgan fingerprint density at radius 1 is 1.43 bits per heavy atom. The molecule has 0 radical (unpaired) electrons. The second-order valence-electron chi connectivity index (χ2n) is 4.32. The lowest BCUT2D eigenvalue weighted by Gasteiger charge is -2.10. The first kappa shape index (κ1) is 14.8. The summed E-state index contributed by atoms with van der Waals surface area (Å²) in [7, 11) is 0. The highest BCUT2D eigenvalue weighted by molar-refractivity contribution is 6.30. The highest BCUT2D eigenvalue weighted by Crippen LogP contribution is 2.24. The molecule has 2 aromatic rings. The maximum Gasteiger partial charge on any atom is 0.335 e. The Balaban J connectivity index is 2.44. The van der Waals surface area contributed by atoms with Crippen LogP contribution in [-0.4, -0.2) is 16.1 Å². The number of hydrogen-bond donors (Lipinski definition) is 2. The second-order valence-corrected chi connectivity index (χ2v) is 4.75. The van der Waals surface area contributed by atoms with Crippen molar-refractivity contribution in [2.45, 2.75) is 13.3 Å². The van der Waals surface area contributed by atoms with Crippen LogP contribution in [0.4, 0.5) is 11.5 Å². The van der Waals surface area contributed by atoms with Gasteiger partial charge in [-0.3, -0.25) is 0 Å². The summed E-state index contributed by atoms with van der Waals surface area (Å²) in [5.41, 5.74) is 1.69. The molecule has 6 heteroatoms. The summed E-state index contributed by atoms with van der Waals surface area (Å²) < 4.78 is 0. The first-order valence-corrected chi connectivity index (χ1v) is 6.62. The molecule has 0 saturated carbocycles. The lowest BCUT2D eigenvalue weighted by Crippen LogP contribution is -2.04. The van der Waals surface area contributed by atoms with Crippen molar-refractivity contribution in [1.29, 1.82) is 5.26 Å². The van der Waals surface area contributed by atoms with Gasteiger partial charge in [0.05, 0.1) is 16.8 Å². The average molecular weight is 302 g/mol. The van der Waals surface area contributed by atoms with Crippen LogP contribution < -0.4 is 5.32 Å². The van der Waals surface area contributed by atoms with Crippen LogP contribution in [-0.2, 0) is 6.42 Å². The van der Waals surface area contributed by atoms with Crippen molar-refractivity contribution in [3.63, 3.8) is 0 Å². The van der Waals surface area contributed by atoms with Crippen LogP contribution in [0.5, 0.6) is 0 Å². The van der Waals surface area contributed by atoms with E-state index in [1.807, 2.05) is 13.0 Å². The molecule has 106 valence electrons. The quantitative estimate of drug-likeness (QED) is 0.901. The number of rotatable bonds is 4. The highest BCUT2D eigenvalue weighted by atomic mass is 35.5. The summed E-state index contributed by atoms with van der Waals surface area (Å²) in [6.07, 6.45) is 0.608. The predicted octanol–water partition coefficient (Wildman–Crippen LogP) is 3.61. The monoisotopic (exact) mass is 301 g/mol. The molecule has 2 rings (SSSR count). The maximum atomic E-state index is 11.1. The first-order valence-electron chi connectivity index (χ1n) is 6.24. The second kappa shape index (κ2) is 6.25. The largest absolute Gasteiger partial charge is 0.478 e. The number of pyridine rings is 1. The Kier molecular flexibility index (Phi) is 4.41. The van der Waals surface area contributed by atoms with Gasteiger partial charge in [-0.05, 0) is 36.8 Å². The van der Waals surface area contributed by atoms with E-state index in [1.54, 1.807) is 18.2 Å². The van der Waals surface area contributed by atoms with Crippen molar-refractivity contribution >= 4 is 29.1 Å². The van der Waals surface area contributed by atoms with Crippen molar-refractivity contribution in [2.24, 2.45) is 0 Å². The third-order valence-electron chi connectivity index (χ3n) is 2.85. The minimum Gasteiger partial charge on any atom is -0.478 e. The molecule has 0 fully saturated rings. The van der Waals surface area contributed by atoms with Gasteiger partial charge in [-0.2, -0.15) is 5.26 Å². The zero-order valence-corrected chi connectivity index (χ0v) is 12.0. The molecule has 0 amide bonds. The number of carboxylic acid groups (broad SMARTS) is 1. The molecule has 0 saturated heterocycles. The summed E-state index contributed by atoms with van der Waals surface area (Å²) in [4.78, 5) is 15.4. The van der Waals surface area contributed by atoms with E-state index in [0.717, 1.165) is 0 Å². The fraction of sp³-hybridized carbons (Fsp3) is 0.133. The number of carbonyl (C=O) groups is 1. The molecule has 0 aliphatic heterocycles. The van der Waals surface area contributed by atoms with E-state index in [0.29, 0.717) is 34.2 Å². The van der Waals surface area contributed by atoms with Gasteiger partial charge in [0, 0.05) is 10.7 Å². The Hall–Kier alpha value is -2.58. The minimum absolute atomic E-state index is 0.143. The molecule has 1 heterocycles. The lowest BCUT2D eigenvalue weighted by molar-refractivity contribution is 0.0696. The number of halogens is 1. The third kappa shape index (κ3) is 3.50. The molecule has 0 aliphatic carbocycles. The van der Waals surface area contributed by atoms with E-state index in [1.165, 1.54) is 12.1 Å². The van der Waals surface area contributed by atoms with Gasteiger partial charge in [0.1, 0.15) is 11.9 Å². The normalized spacial score (nSPS) is 9.95. The Labute approximate surface area is 126 Å². The molecular weight excluding hydrogens is 290 g/mol. The molecule has 0 aliphatic rings. The number of nitrogens with zero attached hydrogens (tertiary/aromatic N) is 2. The number of carboxylic acids is 1. The van der Waals surface area contributed by atoms with Gasteiger partial charge in [-0.25, -0.2) is 9.78 Å². The van der Waals surface area contributed by atoms with Crippen LogP contribution in [0, 0.1) is 11.3 Å². The summed E-state index contributed by atoms with van der Waals surface area (Å²) in [5, 5.41) is 21.6. The summed E-state index contributed by atoms with van der Waals surface area (Å²) >= 11 is 5.92. The molecular formula is C15H12ClN3O2. The zero-order valence-electron chi connectivity index (χ0n) is 11.2. The highest BCUT2D eigenvalue weighted by Gasteiger charge is 2.10. The predicted molar refractivity (Wildman–Crippen MR) is 80.0 cm³/mol. The first-order chi connectivity index (χ1) is 10.0. The van der Waals surface area contributed by atoms with E-state index in [2.05, 4.69) is 10.3 Å². The van der Waals surface area contributed by atoms with Crippen molar-refractivity contribution in [2.75, 3.05) is 5.32 Å². The molecule has 5 nitrogen and oxygen atoms in total. The lowest BCUT2D eigenvalue weighted by atomic mass is 10.1. The average Bonchev–Trinajstić information content (AvgIpc) is 2.47. The van der Waals surface area contributed by atoms with Crippen LogP contribution >= 0.6 is 11.6 Å². The molecule has 1 aromatic carbocycles. The summed E-state index contributed by atoms with van der Waals surface area (Å²) in [6.45, 7) is 1.89. The van der Waals surface area contributed by atoms with Gasteiger partial charge in [0.25, 0.3) is 0 Å². The fourth-order valence-electron chi connectivity index (χ4n) is 1.81. The third-order valence-corrected chi connectivity index (χ3v) is 3.09. The molecule has 1 aromatic heterocycles. The number of nitriles is 1. The van der Waals surface area contributed by atoms with E-state index in [-0.39, 0.29) is 5.56 Å². The van der Waals surface area contributed by atoms with Crippen molar-refractivity contribution < 1.29 is 9.90 Å². The summed E-state index contributed by atoms with van der Waals surface area (Å²) in [6, 6.07) is 9.79. The topological polar surface area (TPSA) is 86.0 Å². The zero-order chi connectivity index (χ0) is 15.4. The Morgan fingerprint density at radius 3 is 2.81 bits per heavy atom. The number of aromatic nitrogens is 1. The smallest absolute Gasteiger partial charge is 0.335 e. The molecule has 0 unspecified atom stereocenters. The molecule has 0 spiro atoms. The maximum absolute atomic E-state index is 11.1. The van der Waals surface area contributed by atoms with Crippen molar-refractivity contribution in [3.05, 3.63) is 52.2 Å². The van der Waals surface area contributed by atoms with Crippen LogP contribution in [0.2, 0.25) is 5.02 Å². The van der Waals surface area contributed by atoms with Crippen LogP contribution in [0.15, 0.2) is 30.3 Å². The number of aryl methyl sites for hydroxylation is 1. The molecule has 21 heavy (non-hydrogen) atoms. The fourth-order valence-corrected chi connectivity index (χ4v) is 1.98. The van der Waals surface area contributed by atoms with E-state index in [9.17, 15) is 4.79 Å². The van der Waals surface area contributed by atoms with Crippen LogP contribution in [0.1, 0.15) is 28.5 Å². The SMILES string of the molecule is CCc1cc(C(=O)O)cc(Nc2cc(Cl)ccc2C#N)n1. The van der Waals surface area contributed by atoms with E-state index < -0.39 is 5.97 Å². The van der Waals surface area contributed by atoms with E-state index in [4.69, 9.17) is 22.0 Å². The Bertz CT molecular complexity index is 738. The van der Waals surface area contributed by atoms with Crippen LogP contribution in [0.25, 0.3) is 0 Å². The number of benzene rings is 1. The van der Waals surface area contributed by atoms with Gasteiger partial charge in [-0.1, -0.05) is 18.5 Å². The summed E-state index contributed by atoms with van der Waals surface area (Å²) in [5.74, 6) is -0.660. The van der Waals surface area contributed by atoms with Gasteiger partial charge >= 0.3 is 5.97 Å². The van der Waals surface area contributed by atoms with Crippen molar-refractivity contribution in [1.82, 2.24) is 4.98 Å². The number of nitrogens with one attached hydrogen (secondary N) is 1. The Morgan fingerprint density at radius 2 is 2.19 bits per heavy atom. The molecule has 0 atom stereocenters. The van der Waals surface area contributed by atoms with Crippen molar-refractivity contribution in [3.8, 4) is 6.07 Å². The molecule has 2 N–H and O–H groups in total.